The van der Waals surface area contributed by atoms with E-state index >= 15 is 0 Å². The Morgan fingerprint density at radius 1 is 1.71 bits per heavy atom. The van der Waals surface area contributed by atoms with Crippen LogP contribution in [0.3, 0.4) is 0 Å². The quantitative estimate of drug-likeness (QED) is 0.854. The number of rotatable bonds is 3. The first-order chi connectivity index (χ1) is 10.0. The highest BCUT2D eigenvalue weighted by Crippen LogP contribution is 2.18. The SMILES string of the molecule is CC(NC(=O)N1CCOC(C#N)C1)c1nc(C(=O)O)cs1. The number of amides is 2. The summed E-state index contributed by atoms with van der Waals surface area (Å²) in [5.74, 6) is -1.10. The molecule has 8 nitrogen and oxygen atoms in total. The number of carboxylic acids is 1. The van der Waals surface area contributed by atoms with Crippen molar-refractivity contribution in [2.45, 2.75) is 19.1 Å². The molecule has 0 spiro atoms. The summed E-state index contributed by atoms with van der Waals surface area (Å²) in [6.45, 7) is 2.67. The van der Waals surface area contributed by atoms with Crippen LogP contribution in [0.15, 0.2) is 5.38 Å². The molecule has 1 saturated heterocycles. The third-order valence-electron chi connectivity index (χ3n) is 2.95. The van der Waals surface area contributed by atoms with Gasteiger partial charge in [-0.15, -0.1) is 11.3 Å². The van der Waals surface area contributed by atoms with Gasteiger partial charge in [0.25, 0.3) is 0 Å². The average molecular weight is 310 g/mol. The number of nitriles is 1. The lowest BCUT2D eigenvalue weighted by Gasteiger charge is -2.30. The number of morpholine rings is 1. The minimum absolute atomic E-state index is 0.0352. The van der Waals surface area contributed by atoms with E-state index in [1.165, 1.54) is 21.6 Å². The van der Waals surface area contributed by atoms with Gasteiger partial charge in [0.15, 0.2) is 11.8 Å². The van der Waals surface area contributed by atoms with Crippen molar-refractivity contribution in [3.63, 3.8) is 0 Å². The molecular weight excluding hydrogens is 296 g/mol. The Morgan fingerprint density at radius 3 is 3.10 bits per heavy atom. The van der Waals surface area contributed by atoms with Crippen molar-refractivity contribution in [1.29, 1.82) is 5.26 Å². The van der Waals surface area contributed by atoms with Gasteiger partial charge in [-0.1, -0.05) is 0 Å². The van der Waals surface area contributed by atoms with Crippen molar-refractivity contribution in [2.24, 2.45) is 0 Å². The first-order valence-electron chi connectivity index (χ1n) is 6.26. The van der Waals surface area contributed by atoms with Gasteiger partial charge < -0.3 is 20.1 Å². The van der Waals surface area contributed by atoms with Crippen molar-refractivity contribution in [2.75, 3.05) is 19.7 Å². The van der Waals surface area contributed by atoms with Crippen molar-refractivity contribution in [1.82, 2.24) is 15.2 Å². The van der Waals surface area contributed by atoms with Crippen LogP contribution >= 0.6 is 11.3 Å². The number of hydrogen-bond donors (Lipinski definition) is 2. The summed E-state index contributed by atoms with van der Waals surface area (Å²) in [6, 6.07) is 1.25. The Morgan fingerprint density at radius 2 is 2.48 bits per heavy atom. The summed E-state index contributed by atoms with van der Waals surface area (Å²) in [6.07, 6.45) is -0.613. The van der Waals surface area contributed by atoms with Crippen LogP contribution in [-0.2, 0) is 4.74 Å². The van der Waals surface area contributed by atoms with Gasteiger partial charge in [-0.3, -0.25) is 0 Å². The number of carbonyl (C=O) groups is 2. The van der Waals surface area contributed by atoms with Crippen LogP contribution in [-0.4, -0.2) is 52.8 Å². The molecule has 2 unspecified atom stereocenters. The molecule has 1 aromatic heterocycles. The Balaban J connectivity index is 1.95. The number of thiazole rings is 1. The number of carbonyl (C=O) groups excluding carboxylic acids is 1. The van der Waals surface area contributed by atoms with Gasteiger partial charge in [0.2, 0.25) is 0 Å². The smallest absolute Gasteiger partial charge is 0.355 e. The van der Waals surface area contributed by atoms with Gasteiger partial charge in [0.1, 0.15) is 5.01 Å². The van der Waals surface area contributed by atoms with E-state index in [4.69, 9.17) is 15.1 Å². The largest absolute Gasteiger partial charge is 0.476 e. The molecule has 1 aliphatic rings. The van der Waals surface area contributed by atoms with Crippen LogP contribution in [0.2, 0.25) is 0 Å². The zero-order chi connectivity index (χ0) is 15.4. The van der Waals surface area contributed by atoms with E-state index in [0.717, 1.165) is 0 Å². The first-order valence-corrected chi connectivity index (χ1v) is 7.14. The van der Waals surface area contributed by atoms with Gasteiger partial charge in [-0.25, -0.2) is 14.6 Å². The van der Waals surface area contributed by atoms with E-state index in [2.05, 4.69) is 10.3 Å². The number of hydrogen-bond acceptors (Lipinski definition) is 6. The van der Waals surface area contributed by atoms with Crippen molar-refractivity contribution < 1.29 is 19.4 Å². The first kappa shape index (κ1) is 15.2. The molecule has 1 aliphatic heterocycles. The van der Waals surface area contributed by atoms with Gasteiger partial charge in [0, 0.05) is 11.9 Å². The molecule has 112 valence electrons. The van der Waals surface area contributed by atoms with Gasteiger partial charge in [0.05, 0.1) is 25.3 Å². The molecule has 9 heteroatoms. The van der Waals surface area contributed by atoms with Crippen molar-refractivity contribution in [3.05, 3.63) is 16.1 Å². The third-order valence-corrected chi connectivity index (χ3v) is 3.98. The minimum Gasteiger partial charge on any atom is -0.476 e. The summed E-state index contributed by atoms with van der Waals surface area (Å²) < 4.78 is 5.17. The molecule has 2 heterocycles. The Labute approximate surface area is 125 Å². The standard InChI is InChI=1S/C12H14N4O4S/c1-7(10-15-9(6-21-10)11(17)18)14-12(19)16-2-3-20-8(4-13)5-16/h6-8H,2-3,5H2,1H3,(H,14,19)(H,17,18). The van der Waals surface area contributed by atoms with Crippen LogP contribution in [0.4, 0.5) is 4.79 Å². The molecule has 0 aliphatic carbocycles. The molecule has 1 aromatic rings. The zero-order valence-electron chi connectivity index (χ0n) is 11.3. The highest BCUT2D eigenvalue weighted by atomic mass is 32.1. The van der Waals surface area contributed by atoms with Gasteiger partial charge in [-0.05, 0) is 6.92 Å². The molecule has 0 saturated carbocycles. The fourth-order valence-electron chi connectivity index (χ4n) is 1.83. The second-order valence-corrected chi connectivity index (χ2v) is 5.37. The molecule has 2 N–H and O–H groups in total. The molecule has 2 rings (SSSR count). The maximum Gasteiger partial charge on any atom is 0.355 e. The molecule has 0 bridgehead atoms. The third kappa shape index (κ3) is 3.68. The highest BCUT2D eigenvalue weighted by molar-refractivity contribution is 7.09. The second kappa shape index (κ2) is 6.51. The van der Waals surface area contributed by atoms with E-state index in [9.17, 15) is 9.59 Å². The van der Waals surface area contributed by atoms with E-state index in [-0.39, 0.29) is 18.3 Å². The number of ether oxygens (including phenoxy) is 1. The summed E-state index contributed by atoms with van der Waals surface area (Å²) in [4.78, 5) is 28.3. The lowest BCUT2D eigenvalue weighted by atomic mass is 10.3. The number of urea groups is 1. The number of nitrogens with zero attached hydrogens (tertiary/aromatic N) is 3. The lowest BCUT2D eigenvalue weighted by Crippen LogP contribution is -2.49. The maximum atomic E-state index is 12.1. The summed E-state index contributed by atoms with van der Waals surface area (Å²) in [7, 11) is 0. The minimum atomic E-state index is -1.10. The number of aromatic carboxylic acids is 1. The Hall–Kier alpha value is -2.18. The topological polar surface area (TPSA) is 116 Å². The zero-order valence-corrected chi connectivity index (χ0v) is 12.1. The van der Waals surface area contributed by atoms with E-state index in [1.54, 1.807) is 6.92 Å². The predicted octanol–water partition coefficient (Wildman–Crippen LogP) is 0.836. The summed E-state index contributed by atoms with van der Waals surface area (Å²) in [5, 5.41) is 22.3. The number of aromatic nitrogens is 1. The fourth-order valence-corrected chi connectivity index (χ4v) is 2.63. The van der Waals surface area contributed by atoms with Crippen molar-refractivity contribution in [3.8, 4) is 6.07 Å². The van der Waals surface area contributed by atoms with E-state index in [0.29, 0.717) is 18.2 Å². The molecule has 21 heavy (non-hydrogen) atoms. The van der Waals surface area contributed by atoms with E-state index in [1.807, 2.05) is 6.07 Å². The van der Waals surface area contributed by atoms with Crippen molar-refractivity contribution >= 4 is 23.3 Å². The molecule has 0 radical (unpaired) electrons. The normalized spacial score (nSPS) is 19.6. The molecule has 1 fully saturated rings. The van der Waals surface area contributed by atoms with Crippen LogP contribution in [0.25, 0.3) is 0 Å². The second-order valence-electron chi connectivity index (χ2n) is 4.48. The molecule has 2 amide bonds. The van der Waals surface area contributed by atoms with Gasteiger partial charge >= 0.3 is 12.0 Å². The molecule has 0 aromatic carbocycles. The molecule has 2 atom stereocenters. The monoisotopic (exact) mass is 310 g/mol. The van der Waals surface area contributed by atoms with Crippen LogP contribution in [0.1, 0.15) is 28.5 Å². The fraction of sp³-hybridized carbons (Fsp3) is 0.500. The highest BCUT2D eigenvalue weighted by Gasteiger charge is 2.25. The Kier molecular flexibility index (Phi) is 4.72. The Bertz CT molecular complexity index is 582. The summed E-state index contributed by atoms with van der Waals surface area (Å²) in [5.41, 5.74) is -0.0352. The number of carboxylic acid groups (broad SMARTS) is 1. The lowest BCUT2D eigenvalue weighted by molar-refractivity contribution is 0.0153. The maximum absolute atomic E-state index is 12.1. The number of nitrogens with one attached hydrogen (secondary N) is 1. The summed E-state index contributed by atoms with van der Waals surface area (Å²) >= 11 is 1.18. The average Bonchev–Trinajstić information content (AvgIpc) is 2.97. The van der Waals surface area contributed by atoms with Crippen LogP contribution < -0.4 is 5.32 Å². The van der Waals surface area contributed by atoms with Crippen LogP contribution in [0, 0.1) is 11.3 Å². The van der Waals surface area contributed by atoms with E-state index < -0.39 is 18.1 Å². The molecular formula is C12H14N4O4S. The van der Waals surface area contributed by atoms with Crippen LogP contribution in [0.5, 0.6) is 0 Å². The van der Waals surface area contributed by atoms with Gasteiger partial charge in [-0.2, -0.15) is 5.26 Å². The predicted molar refractivity (Wildman–Crippen MR) is 72.9 cm³/mol.